The second kappa shape index (κ2) is 12.6. The number of benzene rings is 3. The van der Waals surface area contributed by atoms with Gasteiger partial charge in [-0.05, 0) is 116 Å². The molecular formula is C36H41F3. The third kappa shape index (κ3) is 6.18. The lowest BCUT2D eigenvalue weighted by Crippen LogP contribution is -2.25. The summed E-state index contributed by atoms with van der Waals surface area (Å²) in [5.41, 5.74) is 3.62. The minimum Gasteiger partial charge on any atom is -0.206 e. The predicted molar refractivity (Wildman–Crippen MR) is 156 cm³/mol. The van der Waals surface area contributed by atoms with E-state index in [-0.39, 0.29) is 11.4 Å². The van der Waals surface area contributed by atoms with Crippen molar-refractivity contribution in [1.29, 1.82) is 0 Å². The lowest BCUT2D eigenvalue weighted by molar-refractivity contribution is 0.171. The fraction of sp³-hybridized carbons (Fsp3) is 0.444. The first-order chi connectivity index (χ1) is 19.0. The maximum atomic E-state index is 15.3. The van der Waals surface area contributed by atoms with E-state index in [1.165, 1.54) is 38.5 Å². The summed E-state index contributed by atoms with van der Waals surface area (Å²) in [7, 11) is 0. The molecule has 5 rings (SSSR count). The third-order valence-electron chi connectivity index (χ3n) is 9.52. The molecule has 0 aliphatic heterocycles. The minimum atomic E-state index is -0.814. The van der Waals surface area contributed by atoms with Crippen LogP contribution in [0, 0.1) is 35.2 Å². The quantitative estimate of drug-likeness (QED) is 0.254. The molecule has 0 atom stereocenters. The van der Waals surface area contributed by atoms with Crippen LogP contribution in [0.1, 0.15) is 88.2 Å². The summed E-state index contributed by atoms with van der Waals surface area (Å²) < 4.78 is 44.7. The van der Waals surface area contributed by atoms with Crippen LogP contribution in [0.3, 0.4) is 0 Å². The van der Waals surface area contributed by atoms with E-state index in [9.17, 15) is 8.78 Å². The fourth-order valence-corrected chi connectivity index (χ4v) is 7.00. The van der Waals surface area contributed by atoms with Crippen LogP contribution in [0.5, 0.6) is 0 Å². The third-order valence-corrected chi connectivity index (χ3v) is 9.52. The zero-order chi connectivity index (χ0) is 27.4. The number of allylic oxidation sites excluding steroid dienone is 1. The molecule has 0 spiro atoms. The highest BCUT2D eigenvalue weighted by Gasteiger charge is 2.31. The summed E-state index contributed by atoms with van der Waals surface area (Å²) in [6, 6.07) is 16.1. The maximum absolute atomic E-state index is 15.3. The van der Waals surface area contributed by atoms with Crippen molar-refractivity contribution in [2.24, 2.45) is 17.8 Å². The van der Waals surface area contributed by atoms with Gasteiger partial charge in [-0.1, -0.05) is 68.0 Å². The van der Waals surface area contributed by atoms with Crippen molar-refractivity contribution in [1.82, 2.24) is 0 Å². The van der Waals surface area contributed by atoms with Crippen LogP contribution >= 0.6 is 0 Å². The van der Waals surface area contributed by atoms with Gasteiger partial charge in [0.2, 0.25) is 0 Å². The molecule has 0 radical (unpaired) electrons. The highest BCUT2D eigenvalue weighted by molar-refractivity contribution is 5.71. The van der Waals surface area contributed by atoms with E-state index >= 15 is 4.39 Å². The van der Waals surface area contributed by atoms with Crippen molar-refractivity contribution in [2.75, 3.05) is 0 Å². The lowest BCUT2D eigenvalue weighted by atomic mass is 9.68. The highest BCUT2D eigenvalue weighted by atomic mass is 19.2. The summed E-state index contributed by atoms with van der Waals surface area (Å²) >= 11 is 0. The van der Waals surface area contributed by atoms with Crippen LogP contribution in [0.25, 0.3) is 22.3 Å². The van der Waals surface area contributed by atoms with Gasteiger partial charge >= 0.3 is 0 Å². The SMILES string of the molecule is C=CC1CCC(C2CCC(c3ccc(-c4ccc(-c5ccc(CCCC)c(F)c5F)cc4)c(F)c3)CC2)CC1. The lowest BCUT2D eigenvalue weighted by Gasteiger charge is -2.37. The maximum Gasteiger partial charge on any atom is 0.166 e. The van der Waals surface area contributed by atoms with Gasteiger partial charge in [0.25, 0.3) is 0 Å². The van der Waals surface area contributed by atoms with Crippen LogP contribution < -0.4 is 0 Å². The van der Waals surface area contributed by atoms with Crippen molar-refractivity contribution in [3.05, 3.63) is 95.8 Å². The Morgan fingerprint density at radius 3 is 1.90 bits per heavy atom. The molecule has 0 aromatic heterocycles. The topological polar surface area (TPSA) is 0 Å². The first-order valence-electron chi connectivity index (χ1n) is 15.0. The van der Waals surface area contributed by atoms with Crippen molar-refractivity contribution in [3.8, 4) is 22.3 Å². The monoisotopic (exact) mass is 530 g/mol. The number of aryl methyl sites for hydroxylation is 1. The van der Waals surface area contributed by atoms with Crippen LogP contribution in [0.15, 0.2) is 67.3 Å². The molecule has 0 bridgehead atoms. The molecule has 3 aromatic rings. The van der Waals surface area contributed by atoms with Crippen molar-refractivity contribution < 1.29 is 13.2 Å². The van der Waals surface area contributed by atoms with Gasteiger partial charge in [0, 0.05) is 11.1 Å². The van der Waals surface area contributed by atoms with E-state index in [0.717, 1.165) is 48.6 Å². The molecule has 3 heteroatoms. The highest BCUT2D eigenvalue weighted by Crippen LogP contribution is 2.44. The van der Waals surface area contributed by atoms with Gasteiger partial charge in [-0.3, -0.25) is 0 Å². The molecule has 2 aliphatic carbocycles. The Morgan fingerprint density at radius 2 is 1.31 bits per heavy atom. The first kappa shape index (κ1) is 27.7. The Balaban J connectivity index is 1.23. The van der Waals surface area contributed by atoms with Crippen molar-refractivity contribution in [2.45, 2.75) is 83.5 Å². The molecule has 0 nitrogen and oxygen atoms in total. The molecule has 3 aromatic carbocycles. The van der Waals surface area contributed by atoms with E-state index in [2.05, 4.69) is 18.7 Å². The Labute approximate surface area is 232 Å². The zero-order valence-electron chi connectivity index (χ0n) is 23.2. The van der Waals surface area contributed by atoms with Crippen LogP contribution in [-0.4, -0.2) is 0 Å². The number of hydrogen-bond donors (Lipinski definition) is 0. The molecular weight excluding hydrogens is 489 g/mol. The zero-order valence-corrected chi connectivity index (χ0v) is 23.2. The molecule has 206 valence electrons. The summed E-state index contributed by atoms with van der Waals surface area (Å²) in [6.07, 6.45) is 14.4. The predicted octanol–water partition coefficient (Wildman–Crippen LogP) is 11.0. The standard InChI is InChI=1S/C36H41F3/c1-3-5-6-30-19-22-33(36(39)35(30)38)29-17-15-28(16-18-29)32-21-20-31(23-34(32)37)27-13-11-26(12-14-27)25-9-7-24(4-2)8-10-25/h4,15-27H,2-3,5-14H2,1H3. The number of halogens is 3. The second-order valence-corrected chi connectivity index (χ2v) is 11.8. The van der Waals surface area contributed by atoms with Crippen LogP contribution in [0.2, 0.25) is 0 Å². The molecule has 2 saturated carbocycles. The Hall–Kier alpha value is -2.81. The van der Waals surface area contributed by atoms with Crippen molar-refractivity contribution >= 4 is 0 Å². The van der Waals surface area contributed by atoms with E-state index in [1.54, 1.807) is 42.5 Å². The van der Waals surface area contributed by atoms with Crippen LogP contribution in [-0.2, 0) is 6.42 Å². The normalized spacial score (nSPS) is 23.5. The van der Waals surface area contributed by atoms with E-state index in [0.29, 0.717) is 34.9 Å². The molecule has 0 N–H and O–H groups in total. The molecule has 39 heavy (non-hydrogen) atoms. The molecule has 2 fully saturated rings. The molecule has 2 aliphatic rings. The van der Waals surface area contributed by atoms with Crippen LogP contribution in [0.4, 0.5) is 13.2 Å². The van der Waals surface area contributed by atoms with Gasteiger partial charge in [-0.15, -0.1) is 6.58 Å². The van der Waals surface area contributed by atoms with Gasteiger partial charge in [-0.25, -0.2) is 13.2 Å². The molecule has 0 unspecified atom stereocenters. The number of hydrogen-bond acceptors (Lipinski definition) is 0. The molecule has 0 heterocycles. The van der Waals surface area contributed by atoms with Crippen molar-refractivity contribution in [3.63, 3.8) is 0 Å². The van der Waals surface area contributed by atoms with E-state index < -0.39 is 11.6 Å². The van der Waals surface area contributed by atoms with Gasteiger partial charge in [0.05, 0.1) is 0 Å². The van der Waals surface area contributed by atoms with Gasteiger partial charge in [-0.2, -0.15) is 0 Å². The van der Waals surface area contributed by atoms with Gasteiger partial charge in [0.1, 0.15) is 5.82 Å². The summed E-state index contributed by atoms with van der Waals surface area (Å²) in [6.45, 7) is 6.00. The largest absolute Gasteiger partial charge is 0.206 e. The van der Waals surface area contributed by atoms with E-state index in [4.69, 9.17) is 0 Å². The average molecular weight is 531 g/mol. The average Bonchev–Trinajstić information content (AvgIpc) is 2.98. The summed E-state index contributed by atoms with van der Waals surface area (Å²) in [5.74, 6) is 1.01. The summed E-state index contributed by atoms with van der Waals surface area (Å²) in [5, 5.41) is 0. The number of unbranched alkanes of at least 4 members (excludes halogenated alkanes) is 1. The minimum absolute atomic E-state index is 0.220. The smallest absolute Gasteiger partial charge is 0.166 e. The second-order valence-electron chi connectivity index (χ2n) is 11.8. The van der Waals surface area contributed by atoms with Gasteiger partial charge < -0.3 is 0 Å². The molecule has 0 saturated heterocycles. The van der Waals surface area contributed by atoms with E-state index in [1.807, 2.05) is 13.0 Å². The Kier molecular flexibility index (Phi) is 8.95. The summed E-state index contributed by atoms with van der Waals surface area (Å²) in [4.78, 5) is 0. The first-order valence-corrected chi connectivity index (χ1v) is 15.0. The Bertz CT molecular complexity index is 1260. The fourth-order valence-electron chi connectivity index (χ4n) is 7.00. The Morgan fingerprint density at radius 1 is 0.718 bits per heavy atom. The molecule has 0 amide bonds. The van der Waals surface area contributed by atoms with Gasteiger partial charge in [0.15, 0.2) is 11.6 Å². The number of rotatable bonds is 8.